The van der Waals surface area contributed by atoms with Crippen molar-refractivity contribution in [2.75, 3.05) is 0 Å². The first-order valence-electron chi connectivity index (χ1n) is 9.38. The van der Waals surface area contributed by atoms with Gasteiger partial charge in [0.05, 0.1) is 0 Å². The van der Waals surface area contributed by atoms with Crippen molar-refractivity contribution in [1.82, 2.24) is 5.32 Å². The molecule has 138 valence electrons. The third-order valence-corrected chi connectivity index (χ3v) is 4.38. The van der Waals surface area contributed by atoms with Gasteiger partial charge in [-0.1, -0.05) is 74.0 Å². The molecule has 0 bridgehead atoms. The summed E-state index contributed by atoms with van der Waals surface area (Å²) in [5.74, 6) is 0.786. The van der Waals surface area contributed by atoms with Gasteiger partial charge in [0, 0.05) is 12.1 Å². The Hall–Kier alpha value is -3.07. The van der Waals surface area contributed by atoms with Crippen molar-refractivity contribution >= 4 is 5.91 Å². The predicted octanol–water partition coefficient (Wildman–Crippen LogP) is 5.15. The Balaban J connectivity index is 1.71. The number of amides is 1. The van der Waals surface area contributed by atoms with Gasteiger partial charge in [0.15, 0.2) is 0 Å². The van der Waals surface area contributed by atoms with Gasteiger partial charge in [0.1, 0.15) is 12.4 Å². The molecule has 1 amide bonds. The van der Waals surface area contributed by atoms with Crippen LogP contribution in [0.3, 0.4) is 0 Å². The summed E-state index contributed by atoms with van der Waals surface area (Å²) in [7, 11) is 0. The molecule has 0 aliphatic rings. The molecule has 0 atom stereocenters. The topological polar surface area (TPSA) is 38.3 Å². The number of para-hydroxylation sites is 1. The molecule has 3 rings (SSSR count). The summed E-state index contributed by atoms with van der Waals surface area (Å²) in [6.07, 6.45) is 1.88. The Labute approximate surface area is 161 Å². The summed E-state index contributed by atoms with van der Waals surface area (Å²) in [6, 6.07) is 25.7. The van der Waals surface area contributed by atoms with Crippen molar-refractivity contribution in [3.8, 4) is 5.75 Å². The van der Waals surface area contributed by atoms with Crippen LogP contribution in [0, 0.1) is 0 Å². The maximum absolute atomic E-state index is 12.8. The van der Waals surface area contributed by atoms with Gasteiger partial charge in [-0.15, -0.1) is 0 Å². The molecule has 0 spiro atoms. The second-order valence-electron chi connectivity index (χ2n) is 6.51. The highest BCUT2D eigenvalue weighted by molar-refractivity contribution is 5.95. The number of benzene rings is 3. The lowest BCUT2D eigenvalue weighted by atomic mass is 9.99. The molecular weight excluding hydrogens is 334 g/mol. The van der Waals surface area contributed by atoms with E-state index in [1.54, 1.807) is 0 Å². The Bertz CT molecular complexity index is 860. The van der Waals surface area contributed by atoms with E-state index in [4.69, 9.17) is 4.74 Å². The molecule has 0 aromatic heterocycles. The van der Waals surface area contributed by atoms with E-state index >= 15 is 0 Å². The summed E-state index contributed by atoms with van der Waals surface area (Å²) >= 11 is 0. The second kappa shape index (κ2) is 9.58. The first-order valence-corrected chi connectivity index (χ1v) is 9.38. The number of hydrogen-bond donors (Lipinski definition) is 1. The van der Waals surface area contributed by atoms with Crippen LogP contribution in [0.15, 0.2) is 78.9 Å². The van der Waals surface area contributed by atoms with Crippen molar-refractivity contribution in [3.63, 3.8) is 0 Å². The third-order valence-electron chi connectivity index (χ3n) is 4.38. The van der Waals surface area contributed by atoms with Gasteiger partial charge < -0.3 is 10.1 Å². The van der Waals surface area contributed by atoms with E-state index < -0.39 is 0 Å². The molecule has 0 heterocycles. The molecule has 3 heteroatoms. The fraction of sp³-hybridized carbons (Fsp3) is 0.208. The van der Waals surface area contributed by atoms with Crippen LogP contribution in [-0.4, -0.2) is 5.91 Å². The fourth-order valence-corrected chi connectivity index (χ4v) is 2.97. The Morgan fingerprint density at radius 2 is 1.59 bits per heavy atom. The maximum atomic E-state index is 12.8. The van der Waals surface area contributed by atoms with Gasteiger partial charge >= 0.3 is 0 Å². The van der Waals surface area contributed by atoms with Crippen molar-refractivity contribution in [2.45, 2.75) is 32.9 Å². The molecule has 0 aliphatic carbocycles. The van der Waals surface area contributed by atoms with E-state index in [-0.39, 0.29) is 5.91 Å². The van der Waals surface area contributed by atoms with Crippen molar-refractivity contribution in [2.24, 2.45) is 0 Å². The van der Waals surface area contributed by atoms with E-state index in [1.165, 1.54) is 0 Å². The zero-order valence-corrected chi connectivity index (χ0v) is 15.7. The molecule has 1 N–H and O–H groups in total. The van der Waals surface area contributed by atoms with Gasteiger partial charge in [0.25, 0.3) is 5.91 Å². The average Bonchev–Trinajstić information content (AvgIpc) is 2.73. The number of carbonyl (C=O) groups excluding carboxylic acids is 1. The summed E-state index contributed by atoms with van der Waals surface area (Å²) in [4.78, 5) is 12.8. The first-order chi connectivity index (χ1) is 13.3. The third kappa shape index (κ3) is 5.45. The van der Waals surface area contributed by atoms with Crippen LogP contribution in [0.5, 0.6) is 5.75 Å². The molecule has 0 saturated carbocycles. The first kappa shape index (κ1) is 18.7. The van der Waals surface area contributed by atoms with E-state index in [0.29, 0.717) is 13.2 Å². The van der Waals surface area contributed by atoms with Gasteiger partial charge in [-0.05, 0) is 41.3 Å². The lowest BCUT2D eigenvalue weighted by Crippen LogP contribution is -2.24. The molecule has 3 nitrogen and oxygen atoms in total. The smallest absolute Gasteiger partial charge is 0.251 e. The van der Waals surface area contributed by atoms with Crippen LogP contribution in [0.2, 0.25) is 0 Å². The minimum absolute atomic E-state index is 0.0381. The summed E-state index contributed by atoms with van der Waals surface area (Å²) in [6.45, 7) is 3.09. The van der Waals surface area contributed by atoms with Gasteiger partial charge in [-0.2, -0.15) is 0 Å². The number of aryl methyl sites for hydroxylation is 1. The number of hydrogen-bond acceptors (Lipinski definition) is 2. The van der Waals surface area contributed by atoms with Crippen LogP contribution < -0.4 is 10.1 Å². The molecule has 3 aromatic carbocycles. The molecule has 0 radical (unpaired) electrons. The predicted molar refractivity (Wildman–Crippen MR) is 109 cm³/mol. The molecule has 0 unspecified atom stereocenters. The van der Waals surface area contributed by atoms with Crippen molar-refractivity contribution in [1.29, 1.82) is 0 Å². The highest BCUT2D eigenvalue weighted by Gasteiger charge is 2.12. The summed E-state index contributed by atoms with van der Waals surface area (Å²) < 4.78 is 5.82. The minimum Gasteiger partial charge on any atom is -0.489 e. The van der Waals surface area contributed by atoms with E-state index in [2.05, 4.69) is 12.2 Å². The maximum Gasteiger partial charge on any atom is 0.251 e. The highest BCUT2D eigenvalue weighted by atomic mass is 16.5. The van der Waals surface area contributed by atoms with Crippen LogP contribution in [0.25, 0.3) is 0 Å². The number of carbonyl (C=O) groups is 1. The van der Waals surface area contributed by atoms with E-state index in [9.17, 15) is 4.79 Å². The lowest BCUT2D eigenvalue weighted by molar-refractivity contribution is 0.0949. The van der Waals surface area contributed by atoms with Gasteiger partial charge in [-0.25, -0.2) is 0 Å². The largest absolute Gasteiger partial charge is 0.489 e. The SMILES string of the molecule is CCCc1ccc(COc2ccccc2)cc1C(=O)NCc1ccccc1. The second-order valence-corrected chi connectivity index (χ2v) is 6.51. The van der Waals surface area contributed by atoms with Crippen molar-refractivity contribution in [3.05, 3.63) is 101 Å². The quantitative estimate of drug-likeness (QED) is 0.604. The number of nitrogens with one attached hydrogen (secondary N) is 1. The van der Waals surface area contributed by atoms with Crippen molar-refractivity contribution < 1.29 is 9.53 Å². The molecule has 27 heavy (non-hydrogen) atoms. The lowest BCUT2D eigenvalue weighted by Gasteiger charge is -2.13. The van der Waals surface area contributed by atoms with E-state index in [1.807, 2.05) is 78.9 Å². The fourth-order valence-electron chi connectivity index (χ4n) is 2.97. The van der Waals surface area contributed by atoms with Crippen LogP contribution >= 0.6 is 0 Å². The van der Waals surface area contributed by atoms with Crippen LogP contribution in [0.4, 0.5) is 0 Å². The molecule has 0 saturated heterocycles. The normalized spacial score (nSPS) is 10.4. The number of rotatable bonds is 8. The Morgan fingerprint density at radius 3 is 2.30 bits per heavy atom. The monoisotopic (exact) mass is 359 g/mol. The molecule has 3 aromatic rings. The summed E-state index contributed by atoms with van der Waals surface area (Å²) in [5.41, 5.74) is 3.89. The van der Waals surface area contributed by atoms with E-state index in [0.717, 1.165) is 40.8 Å². The Morgan fingerprint density at radius 1 is 0.889 bits per heavy atom. The molecular formula is C24H25NO2. The molecule has 0 aliphatic heterocycles. The summed E-state index contributed by atoms with van der Waals surface area (Å²) in [5, 5.41) is 3.04. The number of ether oxygens (including phenoxy) is 1. The molecule has 0 fully saturated rings. The zero-order valence-electron chi connectivity index (χ0n) is 15.7. The average molecular weight is 359 g/mol. The highest BCUT2D eigenvalue weighted by Crippen LogP contribution is 2.17. The Kier molecular flexibility index (Phi) is 6.64. The van der Waals surface area contributed by atoms with Gasteiger partial charge in [0.2, 0.25) is 0 Å². The standard InChI is InChI=1S/C24H25NO2/c1-2-9-21-15-14-20(18-27-22-12-7-4-8-13-22)16-23(21)24(26)25-17-19-10-5-3-6-11-19/h3-8,10-16H,2,9,17-18H2,1H3,(H,25,26). The van der Waals surface area contributed by atoms with Gasteiger partial charge in [-0.3, -0.25) is 4.79 Å². The van der Waals surface area contributed by atoms with Crippen LogP contribution in [0.1, 0.15) is 40.4 Å². The minimum atomic E-state index is -0.0381. The zero-order chi connectivity index (χ0) is 18.9. The van der Waals surface area contributed by atoms with Crippen LogP contribution in [-0.2, 0) is 19.6 Å².